The number of allylic oxidation sites excluding steroid dienone is 1. The monoisotopic (exact) mass is 452 g/mol. The van der Waals surface area contributed by atoms with Crippen molar-refractivity contribution in [2.45, 2.75) is 84.7 Å². The van der Waals surface area contributed by atoms with Gasteiger partial charge < -0.3 is 9.47 Å². The second kappa shape index (κ2) is 11.9. The Bertz CT molecular complexity index is 815. The zero-order valence-corrected chi connectivity index (χ0v) is 20.4. The quantitative estimate of drug-likeness (QED) is 0.218. The van der Waals surface area contributed by atoms with Crippen LogP contribution in [0.5, 0.6) is 11.5 Å². The number of hydrogen-bond donors (Lipinski definition) is 1. The molecule has 0 saturated carbocycles. The van der Waals surface area contributed by atoms with Crippen molar-refractivity contribution in [1.29, 1.82) is 0 Å². The fourth-order valence-corrected chi connectivity index (χ4v) is 4.43. The van der Waals surface area contributed by atoms with Crippen LogP contribution in [-0.2, 0) is 16.5 Å². The smallest absolute Gasteiger partial charge is 0.264 e. The van der Waals surface area contributed by atoms with Crippen molar-refractivity contribution >= 4 is 10.1 Å². The normalized spacial score (nSPS) is 19.9. The van der Waals surface area contributed by atoms with Crippen molar-refractivity contribution < 1.29 is 22.4 Å². The highest BCUT2D eigenvalue weighted by atomic mass is 32.2. The summed E-state index contributed by atoms with van der Waals surface area (Å²) < 4.78 is 42.3. The van der Waals surface area contributed by atoms with E-state index in [-0.39, 0.29) is 11.4 Å². The first kappa shape index (κ1) is 25.7. The Morgan fingerprint density at radius 3 is 2.68 bits per heavy atom. The molecule has 0 radical (unpaired) electrons. The van der Waals surface area contributed by atoms with Crippen LogP contribution in [-0.4, -0.2) is 30.9 Å². The van der Waals surface area contributed by atoms with E-state index in [1.165, 1.54) is 19.3 Å². The molecular weight excluding hydrogens is 412 g/mol. The lowest BCUT2D eigenvalue weighted by Gasteiger charge is -2.33. The molecule has 2 unspecified atom stereocenters. The molecule has 176 valence electrons. The molecule has 1 heterocycles. The molecule has 2 atom stereocenters. The lowest BCUT2D eigenvalue weighted by Crippen LogP contribution is -2.34. The summed E-state index contributed by atoms with van der Waals surface area (Å²) in [5, 5.41) is 0. The van der Waals surface area contributed by atoms with Crippen LogP contribution < -0.4 is 9.47 Å². The van der Waals surface area contributed by atoms with Gasteiger partial charge in [0.2, 0.25) is 0 Å². The van der Waals surface area contributed by atoms with Gasteiger partial charge in [0.05, 0.1) is 12.4 Å². The van der Waals surface area contributed by atoms with Gasteiger partial charge in [-0.15, -0.1) is 0 Å². The van der Waals surface area contributed by atoms with Gasteiger partial charge >= 0.3 is 0 Å². The lowest BCUT2D eigenvalue weighted by molar-refractivity contribution is 0.114. The third-order valence-electron chi connectivity index (χ3n) is 5.82. The minimum Gasteiger partial charge on any atom is -0.494 e. The SMILES string of the molecule is CC(C)CCCC(C)C/C=C/C1(C)CCc2cc(OCCCCS(=O)(=O)O)ccc2O1. The molecule has 31 heavy (non-hydrogen) atoms. The topological polar surface area (TPSA) is 72.8 Å². The average molecular weight is 453 g/mol. The Hall–Kier alpha value is -1.53. The van der Waals surface area contributed by atoms with Gasteiger partial charge in [-0.2, -0.15) is 8.42 Å². The summed E-state index contributed by atoms with van der Waals surface area (Å²) in [5.74, 6) is 2.93. The zero-order chi connectivity index (χ0) is 22.9. The summed E-state index contributed by atoms with van der Waals surface area (Å²) in [7, 11) is -3.89. The van der Waals surface area contributed by atoms with E-state index in [0.29, 0.717) is 25.4 Å². The van der Waals surface area contributed by atoms with Crippen LogP contribution in [0.2, 0.25) is 0 Å². The molecule has 0 bridgehead atoms. The summed E-state index contributed by atoms with van der Waals surface area (Å²) in [6.07, 6.45) is 12.3. The van der Waals surface area contributed by atoms with Crippen molar-refractivity contribution in [3.63, 3.8) is 0 Å². The third kappa shape index (κ3) is 10.1. The van der Waals surface area contributed by atoms with Crippen molar-refractivity contribution in [3.05, 3.63) is 35.9 Å². The summed E-state index contributed by atoms with van der Waals surface area (Å²) in [5.41, 5.74) is 0.867. The predicted octanol–water partition coefficient (Wildman–Crippen LogP) is 6.23. The summed E-state index contributed by atoms with van der Waals surface area (Å²) in [6, 6.07) is 5.87. The molecule has 0 amide bonds. The van der Waals surface area contributed by atoms with Crippen LogP contribution in [0.25, 0.3) is 0 Å². The van der Waals surface area contributed by atoms with E-state index in [1.807, 2.05) is 18.2 Å². The molecule has 1 N–H and O–H groups in total. The number of rotatable bonds is 13. The summed E-state index contributed by atoms with van der Waals surface area (Å²) in [4.78, 5) is 0. The van der Waals surface area contributed by atoms with E-state index in [0.717, 1.165) is 42.2 Å². The molecule has 2 rings (SSSR count). The number of fused-ring (bicyclic) bond motifs is 1. The van der Waals surface area contributed by atoms with Gasteiger partial charge in [-0.05, 0) is 80.7 Å². The van der Waals surface area contributed by atoms with Gasteiger partial charge in [0.15, 0.2) is 0 Å². The molecule has 0 saturated heterocycles. The van der Waals surface area contributed by atoms with Gasteiger partial charge in [0, 0.05) is 0 Å². The molecular formula is C25H40O5S. The second-order valence-corrected chi connectivity index (χ2v) is 11.2. The Kier molecular flexibility index (Phi) is 9.89. The van der Waals surface area contributed by atoms with E-state index >= 15 is 0 Å². The van der Waals surface area contributed by atoms with Crippen LogP contribution in [0.1, 0.15) is 78.2 Å². The maximum absolute atomic E-state index is 10.7. The van der Waals surface area contributed by atoms with E-state index < -0.39 is 10.1 Å². The average Bonchev–Trinajstić information content (AvgIpc) is 2.66. The number of hydrogen-bond acceptors (Lipinski definition) is 4. The van der Waals surface area contributed by atoms with Crippen LogP contribution >= 0.6 is 0 Å². The Morgan fingerprint density at radius 1 is 1.19 bits per heavy atom. The highest BCUT2D eigenvalue weighted by molar-refractivity contribution is 7.85. The summed E-state index contributed by atoms with van der Waals surface area (Å²) in [6.45, 7) is 9.47. The Balaban J connectivity index is 1.79. The van der Waals surface area contributed by atoms with Crippen molar-refractivity contribution in [2.75, 3.05) is 12.4 Å². The van der Waals surface area contributed by atoms with Crippen LogP contribution in [0, 0.1) is 11.8 Å². The van der Waals surface area contributed by atoms with Gasteiger partial charge in [0.1, 0.15) is 17.1 Å². The summed E-state index contributed by atoms with van der Waals surface area (Å²) >= 11 is 0. The maximum Gasteiger partial charge on any atom is 0.264 e. The molecule has 1 aromatic rings. The lowest BCUT2D eigenvalue weighted by atomic mass is 9.91. The third-order valence-corrected chi connectivity index (χ3v) is 6.62. The highest BCUT2D eigenvalue weighted by Gasteiger charge is 2.29. The molecule has 5 nitrogen and oxygen atoms in total. The fraction of sp³-hybridized carbons (Fsp3) is 0.680. The van der Waals surface area contributed by atoms with E-state index in [4.69, 9.17) is 14.0 Å². The van der Waals surface area contributed by atoms with Gasteiger partial charge in [-0.1, -0.05) is 46.1 Å². The molecule has 1 aliphatic heterocycles. The minimum absolute atomic E-state index is 0.225. The number of aryl methyl sites for hydroxylation is 1. The molecule has 0 spiro atoms. The first-order chi connectivity index (χ1) is 14.6. The number of ether oxygens (including phenoxy) is 2. The number of unbranched alkanes of at least 4 members (excludes halogenated alkanes) is 1. The van der Waals surface area contributed by atoms with Crippen molar-refractivity contribution in [3.8, 4) is 11.5 Å². The Labute approximate surface area is 189 Å². The molecule has 0 aliphatic carbocycles. The van der Waals surface area contributed by atoms with Crippen LogP contribution in [0.3, 0.4) is 0 Å². The van der Waals surface area contributed by atoms with Crippen LogP contribution in [0.15, 0.2) is 30.4 Å². The van der Waals surface area contributed by atoms with E-state index in [2.05, 4.69) is 39.8 Å². The van der Waals surface area contributed by atoms with Gasteiger partial charge in [0.25, 0.3) is 10.1 Å². The fourth-order valence-electron chi connectivity index (χ4n) is 3.86. The van der Waals surface area contributed by atoms with Crippen molar-refractivity contribution in [2.24, 2.45) is 11.8 Å². The highest BCUT2D eigenvalue weighted by Crippen LogP contribution is 2.36. The first-order valence-corrected chi connectivity index (χ1v) is 13.2. The van der Waals surface area contributed by atoms with Gasteiger partial charge in [-0.3, -0.25) is 4.55 Å². The zero-order valence-electron chi connectivity index (χ0n) is 19.6. The Morgan fingerprint density at radius 2 is 1.97 bits per heavy atom. The van der Waals surface area contributed by atoms with E-state index in [1.54, 1.807) is 0 Å². The molecule has 0 aromatic heterocycles. The van der Waals surface area contributed by atoms with E-state index in [9.17, 15) is 8.42 Å². The largest absolute Gasteiger partial charge is 0.494 e. The maximum atomic E-state index is 10.7. The predicted molar refractivity (Wildman–Crippen MR) is 127 cm³/mol. The molecule has 6 heteroatoms. The van der Waals surface area contributed by atoms with Crippen LogP contribution in [0.4, 0.5) is 0 Å². The molecule has 0 fully saturated rings. The minimum atomic E-state index is -3.89. The van der Waals surface area contributed by atoms with Crippen molar-refractivity contribution in [1.82, 2.24) is 0 Å². The second-order valence-electron chi connectivity index (χ2n) is 9.59. The molecule has 1 aliphatic rings. The number of benzene rings is 1. The molecule has 1 aromatic carbocycles. The van der Waals surface area contributed by atoms with Gasteiger partial charge in [-0.25, -0.2) is 0 Å². The standard InChI is InChI=1S/C25H40O5S/c1-20(2)9-7-10-21(3)11-8-15-25(4)16-14-22-19-23(12-13-24(22)30-25)29-17-5-6-18-31(26,27)28/h8,12-13,15,19-21H,5-7,9-11,14,16-18H2,1-4H3,(H,26,27,28)/b15-8+. The first-order valence-electron chi connectivity index (χ1n) is 11.6.